The molecule has 1 aromatic rings. The Labute approximate surface area is 99.9 Å². The highest BCUT2D eigenvalue weighted by Crippen LogP contribution is 2.28. The van der Waals surface area contributed by atoms with Crippen molar-refractivity contribution in [2.24, 2.45) is 11.7 Å². The summed E-state index contributed by atoms with van der Waals surface area (Å²) >= 11 is 0. The van der Waals surface area contributed by atoms with Crippen molar-refractivity contribution in [2.75, 3.05) is 25.6 Å². The predicted molar refractivity (Wildman–Crippen MR) is 64.2 cm³/mol. The van der Waals surface area contributed by atoms with Gasteiger partial charge in [0.2, 0.25) is 0 Å². The van der Waals surface area contributed by atoms with E-state index in [2.05, 4.69) is 5.32 Å². The summed E-state index contributed by atoms with van der Waals surface area (Å²) in [6.07, 6.45) is 0.133. The van der Waals surface area contributed by atoms with E-state index in [1.807, 2.05) is 18.2 Å². The maximum absolute atomic E-state index is 10.5. The van der Waals surface area contributed by atoms with Crippen LogP contribution in [0.2, 0.25) is 0 Å². The zero-order valence-electron chi connectivity index (χ0n) is 9.73. The summed E-state index contributed by atoms with van der Waals surface area (Å²) in [6.45, 7) is 1.13. The summed E-state index contributed by atoms with van der Waals surface area (Å²) in [6, 6.07) is 5.92. The quantitative estimate of drug-likeness (QED) is 0.831. The van der Waals surface area contributed by atoms with Crippen molar-refractivity contribution in [2.45, 2.75) is 6.42 Å². The number of carbonyl (C=O) groups excluding carboxylic acids is 1. The number of rotatable bonds is 3. The maximum Gasteiger partial charge on any atom is 0.404 e. The third-order valence-corrected chi connectivity index (χ3v) is 2.86. The molecule has 0 saturated carbocycles. The highest BCUT2D eigenvalue weighted by atomic mass is 16.5. The molecule has 1 aliphatic rings. The van der Waals surface area contributed by atoms with Crippen LogP contribution in [0.5, 0.6) is 5.75 Å². The summed E-state index contributed by atoms with van der Waals surface area (Å²) in [5, 5.41) is 3.30. The molecule has 1 aromatic carbocycles. The number of nitrogens with two attached hydrogens (primary N) is 1. The molecule has 92 valence electrons. The van der Waals surface area contributed by atoms with Gasteiger partial charge in [-0.15, -0.1) is 0 Å². The lowest BCUT2D eigenvalue weighted by Gasteiger charge is -2.25. The second kappa shape index (κ2) is 4.95. The van der Waals surface area contributed by atoms with E-state index in [1.165, 1.54) is 5.56 Å². The van der Waals surface area contributed by atoms with E-state index in [-0.39, 0.29) is 5.92 Å². The van der Waals surface area contributed by atoms with Gasteiger partial charge in [-0.05, 0) is 30.2 Å². The number of carbonyl (C=O) groups is 1. The van der Waals surface area contributed by atoms with Crippen LogP contribution in [0.25, 0.3) is 0 Å². The number of benzene rings is 1. The molecule has 0 spiro atoms. The van der Waals surface area contributed by atoms with Crippen LogP contribution in [-0.2, 0) is 11.2 Å². The van der Waals surface area contributed by atoms with Gasteiger partial charge in [-0.1, -0.05) is 0 Å². The number of fused-ring (bicyclic) bond motifs is 1. The Morgan fingerprint density at radius 2 is 2.41 bits per heavy atom. The van der Waals surface area contributed by atoms with Crippen molar-refractivity contribution in [3.63, 3.8) is 0 Å². The van der Waals surface area contributed by atoms with E-state index in [4.69, 9.17) is 15.2 Å². The molecule has 0 radical (unpaired) electrons. The Morgan fingerprint density at radius 3 is 3.12 bits per heavy atom. The molecule has 17 heavy (non-hydrogen) atoms. The van der Waals surface area contributed by atoms with Gasteiger partial charge in [0.05, 0.1) is 13.7 Å². The molecule has 0 saturated heterocycles. The fourth-order valence-electron chi connectivity index (χ4n) is 1.99. The van der Waals surface area contributed by atoms with Crippen LogP contribution in [0, 0.1) is 5.92 Å². The van der Waals surface area contributed by atoms with Crippen molar-refractivity contribution in [1.82, 2.24) is 0 Å². The smallest absolute Gasteiger partial charge is 0.404 e. The first-order valence-electron chi connectivity index (χ1n) is 5.52. The SMILES string of the molecule is COc1ccc2c(c1)CC(COC(N)=O)CN2. The molecule has 0 bridgehead atoms. The van der Waals surface area contributed by atoms with Gasteiger partial charge in [-0.25, -0.2) is 4.79 Å². The molecule has 0 aromatic heterocycles. The van der Waals surface area contributed by atoms with Crippen molar-refractivity contribution in [3.05, 3.63) is 23.8 Å². The summed E-state index contributed by atoms with van der Waals surface area (Å²) in [7, 11) is 1.64. The molecule has 5 nitrogen and oxygen atoms in total. The van der Waals surface area contributed by atoms with Gasteiger partial charge >= 0.3 is 6.09 Å². The fourth-order valence-corrected chi connectivity index (χ4v) is 1.99. The molecule has 0 fully saturated rings. The Morgan fingerprint density at radius 1 is 1.59 bits per heavy atom. The molecule has 1 unspecified atom stereocenters. The molecule has 1 heterocycles. The topological polar surface area (TPSA) is 73.6 Å². The van der Waals surface area contributed by atoms with Crippen molar-refractivity contribution < 1.29 is 14.3 Å². The summed E-state index contributed by atoms with van der Waals surface area (Å²) in [5.74, 6) is 1.09. The number of anilines is 1. The second-order valence-electron chi connectivity index (χ2n) is 4.10. The third kappa shape index (κ3) is 2.81. The molecular weight excluding hydrogens is 220 g/mol. The van der Waals surface area contributed by atoms with Crippen LogP contribution < -0.4 is 15.8 Å². The van der Waals surface area contributed by atoms with Gasteiger partial charge in [0.25, 0.3) is 0 Å². The zero-order valence-corrected chi connectivity index (χ0v) is 9.73. The normalized spacial score (nSPS) is 17.8. The molecule has 1 aliphatic heterocycles. The van der Waals surface area contributed by atoms with Gasteiger partial charge < -0.3 is 20.5 Å². The predicted octanol–water partition coefficient (Wildman–Crippen LogP) is 1.37. The van der Waals surface area contributed by atoms with E-state index >= 15 is 0 Å². The van der Waals surface area contributed by atoms with E-state index < -0.39 is 6.09 Å². The van der Waals surface area contributed by atoms with E-state index in [0.717, 1.165) is 24.4 Å². The van der Waals surface area contributed by atoms with Crippen LogP contribution >= 0.6 is 0 Å². The van der Waals surface area contributed by atoms with E-state index in [0.29, 0.717) is 6.61 Å². The standard InChI is InChI=1S/C12H16N2O3/c1-16-10-2-3-11-9(5-10)4-8(6-14-11)7-17-12(13)15/h2-3,5,8,14H,4,6-7H2,1H3,(H2,13,15). The van der Waals surface area contributed by atoms with Crippen LogP contribution in [-0.4, -0.2) is 26.4 Å². The first kappa shape index (κ1) is 11.6. The van der Waals surface area contributed by atoms with Crippen LogP contribution in [0.15, 0.2) is 18.2 Å². The van der Waals surface area contributed by atoms with Crippen molar-refractivity contribution >= 4 is 11.8 Å². The molecule has 5 heteroatoms. The van der Waals surface area contributed by atoms with Gasteiger partial charge in [0.1, 0.15) is 5.75 Å². The monoisotopic (exact) mass is 236 g/mol. The third-order valence-electron chi connectivity index (χ3n) is 2.86. The molecule has 0 aliphatic carbocycles. The van der Waals surface area contributed by atoms with Gasteiger partial charge in [0.15, 0.2) is 0 Å². The number of hydrogen-bond donors (Lipinski definition) is 2. The van der Waals surface area contributed by atoms with Crippen LogP contribution in [0.1, 0.15) is 5.56 Å². The van der Waals surface area contributed by atoms with Gasteiger partial charge in [-0.2, -0.15) is 0 Å². The molecule has 1 amide bonds. The lowest BCUT2D eigenvalue weighted by molar-refractivity contribution is 0.138. The van der Waals surface area contributed by atoms with Gasteiger partial charge in [-0.3, -0.25) is 0 Å². The first-order chi connectivity index (χ1) is 8.19. The maximum atomic E-state index is 10.5. The summed E-state index contributed by atoms with van der Waals surface area (Å²) in [4.78, 5) is 10.5. The number of hydrogen-bond acceptors (Lipinski definition) is 4. The number of methoxy groups -OCH3 is 1. The van der Waals surface area contributed by atoms with E-state index in [9.17, 15) is 4.79 Å². The van der Waals surface area contributed by atoms with E-state index in [1.54, 1.807) is 7.11 Å². The highest BCUT2D eigenvalue weighted by Gasteiger charge is 2.19. The minimum Gasteiger partial charge on any atom is -0.497 e. The summed E-state index contributed by atoms with van der Waals surface area (Å²) in [5.41, 5.74) is 7.24. The van der Waals surface area contributed by atoms with Crippen molar-refractivity contribution in [3.8, 4) is 5.75 Å². The number of primary amides is 1. The van der Waals surface area contributed by atoms with Gasteiger partial charge in [0, 0.05) is 18.2 Å². The summed E-state index contributed by atoms with van der Waals surface area (Å²) < 4.78 is 10.0. The molecule has 3 N–H and O–H groups in total. The molecule has 2 rings (SSSR count). The van der Waals surface area contributed by atoms with Crippen LogP contribution in [0.4, 0.5) is 10.5 Å². The molecular formula is C12H16N2O3. The lowest BCUT2D eigenvalue weighted by Crippen LogP contribution is -2.29. The Hall–Kier alpha value is -1.91. The second-order valence-corrected chi connectivity index (χ2v) is 4.10. The minimum absolute atomic E-state index is 0.252. The number of nitrogens with one attached hydrogen (secondary N) is 1. The fraction of sp³-hybridized carbons (Fsp3) is 0.417. The Balaban J connectivity index is 2.03. The Kier molecular flexibility index (Phi) is 3.37. The zero-order chi connectivity index (χ0) is 12.3. The van der Waals surface area contributed by atoms with Crippen LogP contribution in [0.3, 0.4) is 0 Å². The minimum atomic E-state index is -0.721. The molecule has 1 atom stereocenters. The lowest BCUT2D eigenvalue weighted by atomic mass is 9.94. The van der Waals surface area contributed by atoms with Crippen molar-refractivity contribution in [1.29, 1.82) is 0 Å². The first-order valence-corrected chi connectivity index (χ1v) is 5.52. The average Bonchev–Trinajstić information content (AvgIpc) is 2.35. The number of ether oxygens (including phenoxy) is 2. The average molecular weight is 236 g/mol. The Bertz CT molecular complexity index is 420. The number of amides is 1. The highest BCUT2D eigenvalue weighted by molar-refractivity contribution is 5.64. The largest absolute Gasteiger partial charge is 0.497 e.